The molecule has 0 bridgehead atoms. The van der Waals surface area contributed by atoms with Crippen LogP contribution in [0.15, 0.2) is 39.3 Å². The van der Waals surface area contributed by atoms with Crippen LogP contribution in [0.3, 0.4) is 0 Å². The molecule has 2 aliphatic rings. The Bertz CT molecular complexity index is 1050. The molecule has 4 rings (SSSR count). The van der Waals surface area contributed by atoms with Crippen molar-refractivity contribution in [1.82, 2.24) is 20.0 Å². The number of thioether (sulfide) groups is 1. The zero-order valence-electron chi connectivity index (χ0n) is 15.0. The van der Waals surface area contributed by atoms with E-state index in [1.54, 1.807) is 46.9 Å². The number of β-amino-alcohol motifs (C(OH)–C–C–N with tert-alkyl or cyclic N) is 1. The van der Waals surface area contributed by atoms with Crippen LogP contribution in [0.4, 0.5) is 11.5 Å². The van der Waals surface area contributed by atoms with Crippen LogP contribution >= 0.6 is 11.8 Å². The Morgan fingerprint density at radius 1 is 1.36 bits per heavy atom. The van der Waals surface area contributed by atoms with Gasteiger partial charge in [0.15, 0.2) is 0 Å². The predicted octanol–water partition coefficient (Wildman–Crippen LogP) is -0.203. The summed E-state index contributed by atoms with van der Waals surface area (Å²) in [4.78, 5) is 27.8. The van der Waals surface area contributed by atoms with Gasteiger partial charge in [-0.2, -0.15) is 0 Å². The normalized spacial score (nSPS) is 16.7. The van der Waals surface area contributed by atoms with Gasteiger partial charge in [0, 0.05) is 12.6 Å². The molecule has 1 aromatic heterocycles. The Hall–Kier alpha value is -2.89. The van der Waals surface area contributed by atoms with Crippen molar-refractivity contribution in [3.05, 3.63) is 56.1 Å². The molecular formula is C17H20N6O4S. The van der Waals surface area contributed by atoms with E-state index in [1.807, 2.05) is 11.5 Å². The number of phenols is 1. The number of anilines is 2. The number of aliphatic hydroxyl groups is 1. The maximum atomic E-state index is 12.2. The smallest absolute Gasteiger partial charge is 0.329 e. The van der Waals surface area contributed by atoms with E-state index >= 15 is 0 Å². The van der Waals surface area contributed by atoms with Gasteiger partial charge in [-0.25, -0.2) is 10.2 Å². The number of fused-ring (bicyclic) bond motifs is 1. The summed E-state index contributed by atoms with van der Waals surface area (Å²) in [5, 5.41) is 27.0. The molecule has 0 saturated carbocycles. The second kappa shape index (κ2) is 7.26. The van der Waals surface area contributed by atoms with Crippen molar-refractivity contribution in [3.8, 4) is 5.75 Å². The van der Waals surface area contributed by atoms with Crippen LogP contribution in [0.1, 0.15) is 5.56 Å². The third kappa shape index (κ3) is 3.35. The van der Waals surface area contributed by atoms with Gasteiger partial charge in [-0.05, 0) is 17.5 Å². The number of hydrogen-bond donors (Lipinski definition) is 5. The summed E-state index contributed by atoms with van der Waals surface area (Å²) in [6.07, 6.45) is -0.969. The maximum Gasteiger partial charge on any atom is 0.329 e. The number of aromatic nitrogens is 2. The third-order valence-corrected chi connectivity index (χ3v) is 5.38. The molecule has 148 valence electrons. The average Bonchev–Trinajstić information content (AvgIpc) is 3.27. The summed E-state index contributed by atoms with van der Waals surface area (Å²) in [7, 11) is 1.57. The number of aromatic amines is 1. The topological polar surface area (TPSA) is 126 Å². The number of aromatic hydroxyl groups is 1. The fourth-order valence-corrected chi connectivity index (χ4v) is 4.12. The van der Waals surface area contributed by atoms with E-state index in [4.69, 9.17) is 0 Å². The van der Waals surface area contributed by atoms with E-state index in [-0.39, 0.29) is 12.3 Å². The van der Waals surface area contributed by atoms with Gasteiger partial charge in [-0.15, -0.1) is 11.8 Å². The minimum atomic E-state index is -0.969. The summed E-state index contributed by atoms with van der Waals surface area (Å²) in [6.45, 7) is 0.439. The number of H-pyrrole nitrogens is 1. The predicted molar refractivity (Wildman–Crippen MR) is 108 cm³/mol. The van der Waals surface area contributed by atoms with Crippen molar-refractivity contribution in [3.63, 3.8) is 0 Å². The summed E-state index contributed by atoms with van der Waals surface area (Å²) in [6, 6.07) is 6.88. The molecule has 0 spiro atoms. The lowest BCUT2D eigenvalue weighted by molar-refractivity contribution is 0.0822. The zero-order chi connectivity index (χ0) is 19.8. The summed E-state index contributed by atoms with van der Waals surface area (Å²) in [5.41, 5.74) is 4.01. The number of benzene rings is 1. The summed E-state index contributed by atoms with van der Waals surface area (Å²) >= 11 is 1.56. The van der Waals surface area contributed by atoms with Crippen LogP contribution in [0.5, 0.6) is 5.75 Å². The largest absolute Gasteiger partial charge is 0.508 e. The molecule has 0 fully saturated rings. The van der Waals surface area contributed by atoms with Gasteiger partial charge in [0.05, 0.1) is 24.8 Å². The van der Waals surface area contributed by atoms with Gasteiger partial charge in [0.25, 0.3) is 5.56 Å². The fraction of sp³-hybridized carbons (Fsp3) is 0.294. The SMILES string of the molecule is Cn1c2c(c(=O)[nH]c1=O)N(CC(O)NN1CSC=C1c1cccc(O)c1)CN2. The quantitative estimate of drug-likeness (QED) is 0.431. The van der Waals surface area contributed by atoms with E-state index in [0.29, 0.717) is 24.1 Å². The summed E-state index contributed by atoms with van der Waals surface area (Å²) in [5.74, 6) is 1.19. The van der Waals surface area contributed by atoms with Gasteiger partial charge in [0.1, 0.15) is 23.5 Å². The van der Waals surface area contributed by atoms with Crippen LogP contribution in [-0.4, -0.2) is 50.1 Å². The van der Waals surface area contributed by atoms with Gasteiger partial charge in [-0.1, -0.05) is 12.1 Å². The molecule has 10 nitrogen and oxygen atoms in total. The van der Waals surface area contributed by atoms with Crippen LogP contribution in [0.25, 0.3) is 5.70 Å². The maximum absolute atomic E-state index is 12.2. The Balaban J connectivity index is 1.47. The number of nitrogens with one attached hydrogen (secondary N) is 3. The van der Waals surface area contributed by atoms with Gasteiger partial charge in [0.2, 0.25) is 0 Å². The first-order valence-electron chi connectivity index (χ1n) is 8.59. The monoisotopic (exact) mass is 404 g/mol. The van der Waals surface area contributed by atoms with Crippen LogP contribution in [-0.2, 0) is 7.05 Å². The minimum absolute atomic E-state index is 0.135. The van der Waals surface area contributed by atoms with Crippen molar-refractivity contribution in [2.75, 3.05) is 29.3 Å². The molecule has 11 heteroatoms. The highest BCUT2D eigenvalue weighted by Gasteiger charge is 2.28. The van der Waals surface area contributed by atoms with Crippen molar-refractivity contribution in [2.24, 2.45) is 7.05 Å². The lowest BCUT2D eigenvalue weighted by Gasteiger charge is -2.28. The third-order valence-electron chi connectivity index (χ3n) is 4.58. The van der Waals surface area contributed by atoms with Gasteiger partial charge < -0.3 is 20.4 Å². The Morgan fingerprint density at radius 2 is 2.18 bits per heavy atom. The molecule has 2 aromatic rings. The second-order valence-electron chi connectivity index (χ2n) is 6.49. The first-order chi connectivity index (χ1) is 13.4. The molecule has 0 amide bonds. The number of nitrogens with zero attached hydrogens (tertiary/aromatic N) is 3. The highest BCUT2D eigenvalue weighted by atomic mass is 32.2. The number of hydrazine groups is 1. The number of rotatable bonds is 5. The molecule has 0 aliphatic carbocycles. The Morgan fingerprint density at radius 3 is 2.96 bits per heavy atom. The Labute approximate surface area is 164 Å². The van der Waals surface area contributed by atoms with Crippen LogP contribution in [0.2, 0.25) is 0 Å². The van der Waals surface area contributed by atoms with E-state index in [1.165, 1.54) is 4.57 Å². The van der Waals surface area contributed by atoms with Gasteiger partial charge >= 0.3 is 5.69 Å². The molecule has 3 heterocycles. The van der Waals surface area contributed by atoms with Crippen molar-refractivity contribution in [1.29, 1.82) is 0 Å². The van der Waals surface area contributed by atoms with E-state index in [9.17, 15) is 19.8 Å². The molecule has 5 N–H and O–H groups in total. The lowest BCUT2D eigenvalue weighted by Crippen LogP contribution is -2.48. The fourth-order valence-electron chi connectivity index (χ4n) is 3.26. The second-order valence-corrected chi connectivity index (χ2v) is 7.32. The minimum Gasteiger partial charge on any atom is -0.508 e. The molecule has 0 radical (unpaired) electrons. The van der Waals surface area contributed by atoms with Gasteiger partial charge in [-0.3, -0.25) is 19.4 Å². The van der Waals surface area contributed by atoms with Crippen molar-refractivity contribution in [2.45, 2.75) is 6.23 Å². The number of phenolic OH excluding ortho intramolecular Hbond substituents is 1. The van der Waals surface area contributed by atoms with E-state index in [2.05, 4.69) is 15.7 Å². The van der Waals surface area contributed by atoms with Crippen molar-refractivity contribution >= 4 is 29.0 Å². The molecule has 2 aliphatic heterocycles. The first kappa shape index (κ1) is 18.5. The van der Waals surface area contributed by atoms with Crippen LogP contribution in [0, 0.1) is 0 Å². The standard InChI is InChI=1S/C17H20N6O4S/c1-21-15-14(16(26)19-17(21)27)22(8-18-15)6-13(25)20-23-9-28-7-12(23)10-3-2-4-11(24)5-10/h2-5,7,13,18,20,24-25H,6,8-9H2,1H3,(H,19,26,27). The molecule has 28 heavy (non-hydrogen) atoms. The average molecular weight is 404 g/mol. The zero-order valence-corrected chi connectivity index (χ0v) is 15.9. The number of hydrogen-bond acceptors (Lipinski definition) is 9. The molecule has 1 aromatic carbocycles. The molecule has 1 atom stereocenters. The lowest BCUT2D eigenvalue weighted by atomic mass is 10.1. The van der Waals surface area contributed by atoms with Crippen molar-refractivity contribution < 1.29 is 10.2 Å². The summed E-state index contributed by atoms with van der Waals surface area (Å²) < 4.78 is 1.33. The van der Waals surface area contributed by atoms with E-state index in [0.717, 1.165) is 11.3 Å². The highest BCUT2D eigenvalue weighted by molar-refractivity contribution is 8.02. The number of aliphatic hydroxyl groups excluding tert-OH is 1. The van der Waals surface area contributed by atoms with E-state index < -0.39 is 17.5 Å². The molecule has 0 saturated heterocycles. The highest BCUT2D eigenvalue weighted by Crippen LogP contribution is 2.31. The first-order valence-corrected chi connectivity index (χ1v) is 9.64. The molecular weight excluding hydrogens is 384 g/mol. The Kier molecular flexibility index (Phi) is 4.79. The van der Waals surface area contributed by atoms with Crippen LogP contribution < -0.4 is 26.9 Å². The molecule has 1 unspecified atom stereocenters.